The summed E-state index contributed by atoms with van der Waals surface area (Å²) >= 11 is 1.59. The maximum Gasteiger partial charge on any atom is 0.410 e. The maximum absolute atomic E-state index is 13.9. The van der Waals surface area contributed by atoms with Crippen molar-refractivity contribution in [3.05, 3.63) is 70.4 Å². The molecule has 2 atom stereocenters. The summed E-state index contributed by atoms with van der Waals surface area (Å²) in [5, 5.41) is 14.6. The van der Waals surface area contributed by atoms with Crippen LogP contribution in [-0.4, -0.2) is 132 Å². The Labute approximate surface area is 443 Å². The lowest BCUT2D eigenvalue weighted by atomic mass is 9.39. The van der Waals surface area contributed by atoms with Gasteiger partial charge in [0.25, 0.3) is 0 Å². The van der Waals surface area contributed by atoms with Crippen LogP contribution < -0.4 is 9.70 Å². The van der Waals surface area contributed by atoms with Crippen LogP contribution in [0.2, 0.25) is 25.7 Å². The minimum absolute atomic E-state index is 0.0440. The molecular formula is C56H82N10O6SSi. The molecule has 5 aromatic rings. The van der Waals surface area contributed by atoms with Gasteiger partial charge in [-0.2, -0.15) is 10.1 Å². The number of ether oxygens (including phenoxy) is 4. The monoisotopic (exact) mass is 1050 g/mol. The number of likely N-dealkylation sites (N-methyl/N-ethyl adjacent to an activating group) is 1. The number of fused-ring (bicyclic) bond motifs is 1. The third-order valence-electron chi connectivity index (χ3n) is 15.1. The van der Waals surface area contributed by atoms with Crippen LogP contribution in [0.1, 0.15) is 108 Å². The Hall–Kier alpha value is -5.01. The zero-order valence-corrected chi connectivity index (χ0v) is 48.6. The molecule has 4 heterocycles. The van der Waals surface area contributed by atoms with Crippen LogP contribution in [0.25, 0.3) is 21.3 Å². The summed E-state index contributed by atoms with van der Waals surface area (Å²) < 4.78 is 29.6. The second-order valence-corrected chi connectivity index (χ2v) is 31.7. The molecule has 4 fully saturated rings. The van der Waals surface area contributed by atoms with Gasteiger partial charge >= 0.3 is 12.1 Å². The molecule has 0 N–H and O–H groups in total. The summed E-state index contributed by atoms with van der Waals surface area (Å²) in [5.41, 5.74) is 4.25. The quantitative estimate of drug-likeness (QED) is 0.0390. The standard InChI is InChI=1S/C56H82N10O6SSi/c1-39-29-46(60-61-48(39)59-50-65(38-70-27-28-74(12,13)14)43-19-15-16-20-44(43)73-50)64(24-18-17-23-63(10)51(68)72-52(3,4)5)45-22-21-41(47(58-45)49(67)69-11)42-30-57-66(40(42)2)37-55-32-53(6)31-54(7,33-55)35-56(34-53,36-55)71-26-25-62(8)9/h15-16,19-22,29-30H,17-18,23-28,31-38H2,1-14H3. The number of amides is 1. The van der Waals surface area contributed by atoms with Gasteiger partial charge in [-0.3, -0.25) is 9.25 Å². The molecule has 4 bridgehead atoms. The molecule has 0 radical (unpaired) electrons. The van der Waals surface area contributed by atoms with Crippen molar-refractivity contribution in [1.29, 1.82) is 0 Å². The number of unbranched alkanes of at least 4 members (excludes halogenated alkanes) is 1. The Kier molecular flexibility index (Phi) is 16.1. The maximum atomic E-state index is 13.9. The molecule has 0 aliphatic heterocycles. The molecule has 4 aliphatic rings. The van der Waals surface area contributed by atoms with E-state index >= 15 is 0 Å². The zero-order valence-electron chi connectivity index (χ0n) is 46.8. The van der Waals surface area contributed by atoms with E-state index in [1.807, 2.05) is 69.1 Å². The molecule has 4 saturated carbocycles. The molecule has 74 heavy (non-hydrogen) atoms. The van der Waals surface area contributed by atoms with E-state index < -0.39 is 19.6 Å². The average molecular weight is 1050 g/mol. The number of benzene rings is 1. The fraction of sp³-hybridized carbons (Fsp3) is 0.625. The van der Waals surface area contributed by atoms with E-state index in [-0.39, 0.29) is 33.6 Å². The van der Waals surface area contributed by atoms with E-state index in [0.717, 1.165) is 89.7 Å². The molecule has 4 aliphatic carbocycles. The number of nitrogens with zero attached hydrogens (tertiary/aromatic N) is 10. The van der Waals surface area contributed by atoms with Gasteiger partial charge in [0, 0.05) is 64.7 Å². The van der Waals surface area contributed by atoms with Crippen LogP contribution in [-0.2, 0) is 32.2 Å². The lowest BCUT2D eigenvalue weighted by Gasteiger charge is -2.69. The molecular weight excluding hydrogens is 969 g/mol. The number of para-hydroxylation sites is 1. The van der Waals surface area contributed by atoms with Gasteiger partial charge in [-0.05, 0) is 158 Å². The van der Waals surface area contributed by atoms with Gasteiger partial charge in [-0.1, -0.05) is 57.0 Å². The number of methoxy groups -OCH3 is 1. The highest BCUT2D eigenvalue weighted by Gasteiger charge is 2.66. The highest BCUT2D eigenvalue weighted by Crippen LogP contribution is 2.72. The highest BCUT2D eigenvalue weighted by molar-refractivity contribution is 7.16. The number of anilines is 2. The van der Waals surface area contributed by atoms with Crippen molar-refractivity contribution in [3.8, 4) is 11.1 Å². The Morgan fingerprint density at radius 1 is 0.865 bits per heavy atom. The predicted octanol–water partition coefficient (Wildman–Crippen LogP) is 11.2. The molecule has 0 spiro atoms. The second kappa shape index (κ2) is 21.5. The Morgan fingerprint density at radius 2 is 1.58 bits per heavy atom. The first kappa shape index (κ1) is 55.2. The fourth-order valence-electron chi connectivity index (χ4n) is 12.8. The molecule has 18 heteroatoms. The molecule has 1 aromatic carbocycles. The third kappa shape index (κ3) is 12.8. The number of carbonyl (C=O) groups is 2. The summed E-state index contributed by atoms with van der Waals surface area (Å²) in [4.78, 5) is 43.5. The van der Waals surface area contributed by atoms with E-state index in [2.05, 4.69) is 80.8 Å². The van der Waals surface area contributed by atoms with Gasteiger partial charge < -0.3 is 33.6 Å². The van der Waals surface area contributed by atoms with E-state index in [4.69, 9.17) is 44.2 Å². The van der Waals surface area contributed by atoms with E-state index in [9.17, 15) is 9.59 Å². The molecule has 1 amide bonds. The molecule has 4 aromatic heterocycles. The number of thiazole rings is 1. The minimum Gasteiger partial charge on any atom is -0.464 e. The van der Waals surface area contributed by atoms with Crippen molar-refractivity contribution >= 4 is 59.1 Å². The number of hydrogen-bond acceptors (Lipinski definition) is 14. The first-order valence-corrected chi connectivity index (χ1v) is 31.0. The summed E-state index contributed by atoms with van der Waals surface area (Å²) in [5.74, 6) is 0.988. The van der Waals surface area contributed by atoms with Crippen molar-refractivity contribution in [2.75, 3.05) is 66.0 Å². The van der Waals surface area contributed by atoms with Gasteiger partial charge in [-0.15, -0.1) is 10.2 Å². The smallest absolute Gasteiger partial charge is 0.410 e. The van der Waals surface area contributed by atoms with Crippen molar-refractivity contribution in [1.82, 2.24) is 39.3 Å². The normalized spacial score (nSPS) is 22.8. The lowest BCUT2D eigenvalue weighted by molar-refractivity contribution is -0.248. The molecule has 2 unspecified atom stereocenters. The molecule has 402 valence electrons. The number of carbonyl (C=O) groups excluding carboxylic acids is 2. The number of esters is 1. The number of rotatable bonds is 21. The van der Waals surface area contributed by atoms with E-state index in [1.54, 1.807) is 23.3 Å². The first-order chi connectivity index (χ1) is 34.8. The second-order valence-electron chi connectivity index (χ2n) is 25.1. The van der Waals surface area contributed by atoms with Crippen molar-refractivity contribution in [2.45, 2.75) is 150 Å². The Morgan fingerprint density at radius 3 is 2.26 bits per heavy atom. The molecule has 0 saturated heterocycles. The van der Waals surface area contributed by atoms with Crippen LogP contribution in [0.15, 0.2) is 53.7 Å². The van der Waals surface area contributed by atoms with Crippen LogP contribution in [0, 0.1) is 30.1 Å². The summed E-state index contributed by atoms with van der Waals surface area (Å²) in [6, 6.07) is 15.2. The molecule has 16 nitrogen and oxygen atoms in total. The van der Waals surface area contributed by atoms with Crippen molar-refractivity contribution in [2.24, 2.45) is 21.2 Å². The summed E-state index contributed by atoms with van der Waals surface area (Å²) in [7, 11) is 6.08. The number of pyridine rings is 1. The van der Waals surface area contributed by atoms with E-state index in [0.29, 0.717) is 62.3 Å². The summed E-state index contributed by atoms with van der Waals surface area (Å²) in [6.07, 6.45) is 9.61. The first-order valence-electron chi connectivity index (χ1n) is 26.5. The van der Waals surface area contributed by atoms with Crippen LogP contribution in [0.4, 0.5) is 22.2 Å². The topological polar surface area (TPSA) is 155 Å². The summed E-state index contributed by atoms with van der Waals surface area (Å²) in [6.45, 7) is 26.1. The Balaban J connectivity index is 1.10. The minimum atomic E-state index is -1.27. The lowest BCUT2D eigenvalue weighted by Crippen LogP contribution is -2.64. The fourth-order valence-corrected chi connectivity index (χ4v) is 14.6. The van der Waals surface area contributed by atoms with Crippen LogP contribution >= 0.6 is 11.3 Å². The van der Waals surface area contributed by atoms with Crippen molar-refractivity contribution in [3.63, 3.8) is 0 Å². The number of aromatic nitrogens is 6. The van der Waals surface area contributed by atoms with Gasteiger partial charge in [-0.25, -0.2) is 14.6 Å². The van der Waals surface area contributed by atoms with Crippen molar-refractivity contribution < 1.29 is 28.5 Å². The molecule has 9 rings (SSSR count). The predicted molar refractivity (Wildman–Crippen MR) is 296 cm³/mol. The zero-order chi connectivity index (χ0) is 53.4. The average Bonchev–Trinajstić information content (AvgIpc) is 3.83. The van der Waals surface area contributed by atoms with Gasteiger partial charge in [0.15, 0.2) is 22.1 Å². The van der Waals surface area contributed by atoms with Crippen LogP contribution in [0.5, 0.6) is 0 Å². The van der Waals surface area contributed by atoms with Gasteiger partial charge in [0.05, 0.1) is 35.7 Å². The third-order valence-corrected chi connectivity index (χ3v) is 17.8. The number of hydrogen-bond donors (Lipinski definition) is 0. The van der Waals surface area contributed by atoms with Gasteiger partial charge in [0.1, 0.15) is 18.1 Å². The van der Waals surface area contributed by atoms with E-state index in [1.165, 1.54) is 13.5 Å². The Bertz CT molecular complexity index is 2880. The van der Waals surface area contributed by atoms with Gasteiger partial charge in [0.2, 0.25) is 0 Å². The largest absolute Gasteiger partial charge is 0.464 e. The SMILES string of the molecule is COC(=O)c1nc(N(CCCCN(C)C(=O)OC(C)(C)C)c2cc(C)c(N=c3sc4ccccc4n3COCC[Si](C)(C)C)nn2)ccc1-c1cnn(CC23CC4(C)CC(C)(C2)CC(OCCN(C)C)(C4)C3)c1C. The highest BCUT2D eigenvalue weighted by atomic mass is 32.1. The van der Waals surface area contributed by atoms with Crippen LogP contribution in [0.3, 0.4) is 0 Å². The number of aryl methyl sites for hydroxylation is 1.